The third-order valence-electron chi connectivity index (χ3n) is 3.23. The van der Waals surface area contributed by atoms with Crippen molar-refractivity contribution in [3.05, 3.63) is 29.5 Å². The number of ether oxygens (including phenoxy) is 3. The van der Waals surface area contributed by atoms with Crippen molar-refractivity contribution in [1.82, 2.24) is 4.98 Å². The van der Waals surface area contributed by atoms with Crippen molar-refractivity contribution < 1.29 is 37.7 Å². The molecule has 11 heteroatoms. The number of anilines is 1. The monoisotopic (exact) mass is 430 g/mol. The molecule has 0 bridgehead atoms. The number of rotatable bonds is 7. The highest BCUT2D eigenvalue weighted by atomic mass is 32.1. The lowest BCUT2D eigenvalue weighted by molar-refractivity contribution is 0.0636. The van der Waals surface area contributed by atoms with Gasteiger partial charge in [0.1, 0.15) is 39.6 Å². The van der Waals surface area contributed by atoms with Gasteiger partial charge < -0.3 is 19.3 Å². The zero-order valence-electron chi connectivity index (χ0n) is 16.2. The number of methoxy groups -OCH3 is 1. The van der Waals surface area contributed by atoms with Crippen molar-refractivity contribution in [3.63, 3.8) is 0 Å². The van der Waals surface area contributed by atoms with Crippen LogP contribution in [0.3, 0.4) is 0 Å². The van der Waals surface area contributed by atoms with Crippen molar-refractivity contribution in [3.8, 4) is 16.3 Å². The van der Waals surface area contributed by atoms with Crippen LogP contribution in [0.4, 0.5) is 18.6 Å². The third kappa shape index (κ3) is 6.09. The maximum atomic E-state index is 14.5. The number of carboxylic acid groups (broad SMARTS) is 1. The first kappa shape index (κ1) is 22.5. The molecule has 0 aliphatic rings. The molecule has 2 N–H and O–H groups in total. The van der Waals surface area contributed by atoms with Gasteiger partial charge in [0.05, 0.1) is 12.2 Å². The van der Waals surface area contributed by atoms with Gasteiger partial charge in [-0.25, -0.2) is 23.4 Å². The number of nitrogens with zero attached hydrogens (tertiary/aromatic N) is 1. The number of amides is 1. The smallest absolute Gasteiger partial charge is 0.412 e. The molecule has 0 saturated heterocycles. The van der Waals surface area contributed by atoms with Crippen molar-refractivity contribution in [2.45, 2.75) is 26.4 Å². The molecule has 0 atom stereocenters. The second kappa shape index (κ2) is 9.14. The van der Waals surface area contributed by atoms with E-state index in [0.717, 1.165) is 12.1 Å². The van der Waals surface area contributed by atoms with Crippen LogP contribution in [0.25, 0.3) is 10.6 Å². The van der Waals surface area contributed by atoms with E-state index in [2.05, 4.69) is 10.3 Å². The first-order valence-corrected chi connectivity index (χ1v) is 9.18. The second-order valence-electron chi connectivity index (χ2n) is 6.73. The highest BCUT2D eigenvalue weighted by Gasteiger charge is 2.26. The zero-order valence-corrected chi connectivity index (χ0v) is 17.0. The Labute approximate surface area is 169 Å². The Hall–Kier alpha value is -2.79. The summed E-state index contributed by atoms with van der Waals surface area (Å²) in [4.78, 5) is 27.1. The van der Waals surface area contributed by atoms with Crippen LogP contribution in [0.2, 0.25) is 0 Å². The lowest BCUT2D eigenvalue weighted by Gasteiger charge is -2.19. The Morgan fingerprint density at radius 2 is 1.83 bits per heavy atom. The molecule has 29 heavy (non-hydrogen) atoms. The number of carbonyl (C=O) groups excluding carboxylic acids is 1. The summed E-state index contributed by atoms with van der Waals surface area (Å²) in [5.74, 6) is -3.51. The summed E-state index contributed by atoms with van der Waals surface area (Å²) in [5.41, 5.74) is -1.92. The van der Waals surface area contributed by atoms with Gasteiger partial charge >= 0.3 is 12.1 Å². The number of hydrogen-bond acceptors (Lipinski definition) is 7. The highest BCUT2D eigenvalue weighted by molar-refractivity contribution is 7.19. The number of aromatic carboxylic acids is 1. The summed E-state index contributed by atoms with van der Waals surface area (Å²) < 4.78 is 44.0. The molecule has 0 radical (unpaired) electrons. The second-order valence-corrected chi connectivity index (χ2v) is 7.73. The van der Waals surface area contributed by atoms with Crippen LogP contribution >= 0.6 is 11.3 Å². The Bertz CT molecular complexity index is 887. The fraction of sp³-hybridized carbons (Fsp3) is 0.389. The van der Waals surface area contributed by atoms with Crippen molar-refractivity contribution in [2.24, 2.45) is 0 Å². The van der Waals surface area contributed by atoms with Crippen LogP contribution in [-0.2, 0) is 9.47 Å². The van der Waals surface area contributed by atoms with E-state index in [-0.39, 0.29) is 29.0 Å². The third-order valence-corrected chi connectivity index (χ3v) is 4.22. The van der Waals surface area contributed by atoms with Gasteiger partial charge in [-0.2, -0.15) is 0 Å². The van der Waals surface area contributed by atoms with Crippen molar-refractivity contribution in [1.29, 1.82) is 0 Å². The van der Waals surface area contributed by atoms with E-state index in [1.165, 1.54) is 7.11 Å². The van der Waals surface area contributed by atoms with Crippen LogP contribution in [0.1, 0.15) is 31.3 Å². The number of carbonyl (C=O) groups is 2. The first-order chi connectivity index (χ1) is 13.5. The minimum absolute atomic E-state index is 0.0529. The van der Waals surface area contributed by atoms with Crippen LogP contribution in [0.15, 0.2) is 12.1 Å². The zero-order chi connectivity index (χ0) is 21.8. The van der Waals surface area contributed by atoms with E-state index in [9.17, 15) is 23.5 Å². The number of aromatic nitrogens is 1. The first-order valence-electron chi connectivity index (χ1n) is 8.37. The average molecular weight is 430 g/mol. The van der Waals surface area contributed by atoms with Gasteiger partial charge in [-0.1, -0.05) is 11.3 Å². The SMILES string of the molecule is COCCOc1cc(F)c(-c2nc(C(=O)O)c(NC(=O)OC(C)(C)C)s2)c(F)c1. The van der Waals surface area contributed by atoms with E-state index in [4.69, 9.17) is 14.2 Å². The summed E-state index contributed by atoms with van der Waals surface area (Å²) in [6.07, 6.45) is -0.918. The van der Waals surface area contributed by atoms with E-state index >= 15 is 0 Å². The molecule has 1 heterocycles. The van der Waals surface area contributed by atoms with Gasteiger partial charge in [0.25, 0.3) is 0 Å². The largest absolute Gasteiger partial charge is 0.491 e. The molecule has 0 saturated carbocycles. The van der Waals surface area contributed by atoms with Crippen LogP contribution in [-0.4, -0.2) is 48.1 Å². The molecular weight excluding hydrogens is 410 g/mol. The molecule has 0 aliphatic carbocycles. The highest BCUT2D eigenvalue weighted by Crippen LogP contribution is 2.37. The molecule has 1 aromatic heterocycles. The molecule has 2 rings (SSSR count). The quantitative estimate of drug-likeness (QED) is 0.635. The Morgan fingerprint density at radius 1 is 1.21 bits per heavy atom. The standard InChI is InChI=1S/C18H20F2N2O6S/c1-18(2,3)28-17(25)22-15-13(16(23)24)21-14(29-15)12-10(19)7-9(8-11(12)20)27-6-5-26-4/h7-8H,5-6H2,1-4H3,(H,22,25)(H,23,24). The molecule has 1 amide bonds. The van der Waals surface area contributed by atoms with Crippen LogP contribution in [0.5, 0.6) is 5.75 Å². The van der Waals surface area contributed by atoms with E-state index in [1.54, 1.807) is 20.8 Å². The van der Waals surface area contributed by atoms with Crippen molar-refractivity contribution >= 4 is 28.4 Å². The Morgan fingerprint density at radius 3 is 2.34 bits per heavy atom. The molecule has 2 aromatic rings. The fourth-order valence-corrected chi connectivity index (χ4v) is 3.12. The number of hydrogen-bond donors (Lipinski definition) is 2. The molecule has 0 fully saturated rings. The molecular formula is C18H20F2N2O6S. The number of carboxylic acids is 1. The lowest BCUT2D eigenvalue weighted by Crippen LogP contribution is -2.27. The predicted molar refractivity (Wildman–Crippen MR) is 102 cm³/mol. The van der Waals surface area contributed by atoms with E-state index in [1.807, 2.05) is 0 Å². The summed E-state index contributed by atoms with van der Waals surface area (Å²) in [5, 5.41) is 11.1. The van der Waals surface area contributed by atoms with E-state index < -0.39 is 40.6 Å². The number of nitrogens with one attached hydrogen (secondary N) is 1. The number of halogens is 2. The summed E-state index contributed by atoms with van der Waals surface area (Å²) in [6, 6.07) is 1.91. The molecule has 8 nitrogen and oxygen atoms in total. The fourth-order valence-electron chi connectivity index (χ4n) is 2.13. The van der Waals surface area contributed by atoms with Gasteiger partial charge in [0.2, 0.25) is 0 Å². The van der Waals surface area contributed by atoms with E-state index in [0.29, 0.717) is 11.3 Å². The van der Waals surface area contributed by atoms with Gasteiger partial charge in [-0.05, 0) is 20.8 Å². The average Bonchev–Trinajstić information content (AvgIpc) is 2.96. The van der Waals surface area contributed by atoms with Crippen LogP contribution < -0.4 is 10.1 Å². The molecule has 0 spiro atoms. The molecule has 0 unspecified atom stereocenters. The molecule has 158 valence electrons. The van der Waals surface area contributed by atoms with Gasteiger partial charge in [-0.15, -0.1) is 0 Å². The number of benzene rings is 1. The number of thiazole rings is 1. The molecule has 0 aliphatic heterocycles. The van der Waals surface area contributed by atoms with Gasteiger partial charge in [0.15, 0.2) is 5.69 Å². The van der Waals surface area contributed by atoms with Crippen LogP contribution in [0, 0.1) is 11.6 Å². The Balaban J connectivity index is 2.35. The Kier molecular flexibility index (Phi) is 7.09. The van der Waals surface area contributed by atoms with Crippen molar-refractivity contribution in [2.75, 3.05) is 25.6 Å². The topological polar surface area (TPSA) is 107 Å². The maximum absolute atomic E-state index is 14.5. The van der Waals surface area contributed by atoms with Gasteiger partial charge in [0, 0.05) is 19.2 Å². The lowest BCUT2D eigenvalue weighted by atomic mass is 10.2. The normalized spacial score (nSPS) is 11.2. The molecule has 1 aromatic carbocycles. The predicted octanol–water partition coefficient (Wildman–Crippen LogP) is 4.16. The summed E-state index contributed by atoms with van der Waals surface area (Å²) in [6.45, 7) is 5.22. The minimum Gasteiger partial charge on any atom is -0.491 e. The van der Waals surface area contributed by atoms with Gasteiger partial charge in [-0.3, -0.25) is 5.32 Å². The summed E-state index contributed by atoms with van der Waals surface area (Å²) in [7, 11) is 1.46. The maximum Gasteiger partial charge on any atom is 0.412 e. The minimum atomic E-state index is -1.47. The summed E-state index contributed by atoms with van der Waals surface area (Å²) >= 11 is 0.606.